The molecule has 0 saturated carbocycles. The quantitative estimate of drug-likeness (QED) is 0.782. The second kappa shape index (κ2) is 7.67. The summed E-state index contributed by atoms with van der Waals surface area (Å²) in [6.45, 7) is 2.22. The number of benzene rings is 1. The van der Waals surface area contributed by atoms with Gasteiger partial charge in [-0.25, -0.2) is 0 Å². The summed E-state index contributed by atoms with van der Waals surface area (Å²) >= 11 is 1.88. The van der Waals surface area contributed by atoms with E-state index < -0.39 is 0 Å². The standard InChI is InChI=1S/C20H25N3O4S/c1-22-17(19(24)23-8-6-20(7-9-23)27-10-11-28-20)13-16(21-22)15-12-14(25-2)4-5-18(15)26-3/h4-5,12-13H,6-11H2,1-3H3. The second-order valence-electron chi connectivity index (χ2n) is 7.00. The van der Waals surface area contributed by atoms with Crippen LogP contribution in [0, 0.1) is 0 Å². The number of carbonyl (C=O) groups is 1. The van der Waals surface area contributed by atoms with Gasteiger partial charge in [-0.15, -0.1) is 11.8 Å². The highest BCUT2D eigenvalue weighted by molar-refractivity contribution is 8.00. The molecule has 0 aliphatic carbocycles. The summed E-state index contributed by atoms with van der Waals surface area (Å²) in [5.41, 5.74) is 2.05. The fourth-order valence-electron chi connectivity index (χ4n) is 3.81. The fourth-order valence-corrected chi connectivity index (χ4v) is 4.99. The van der Waals surface area contributed by atoms with E-state index in [1.54, 1.807) is 25.9 Å². The Bertz CT molecular complexity index is 866. The van der Waals surface area contributed by atoms with Crippen LogP contribution < -0.4 is 9.47 Å². The molecule has 0 N–H and O–H groups in total. The zero-order chi connectivity index (χ0) is 19.7. The van der Waals surface area contributed by atoms with E-state index in [4.69, 9.17) is 14.2 Å². The number of piperidine rings is 1. The molecule has 2 aromatic rings. The molecule has 150 valence electrons. The summed E-state index contributed by atoms with van der Waals surface area (Å²) in [5, 5.41) is 4.56. The van der Waals surface area contributed by atoms with Crippen molar-refractivity contribution < 1.29 is 19.0 Å². The average Bonchev–Trinajstić information content (AvgIpc) is 3.34. The SMILES string of the molecule is COc1ccc(OC)c(-c2cc(C(=O)N3CCC4(CC3)OCCS4)n(C)n2)c1. The maximum absolute atomic E-state index is 13.1. The number of hydrogen-bond acceptors (Lipinski definition) is 6. The molecule has 1 amide bonds. The molecule has 0 radical (unpaired) electrons. The molecule has 2 aliphatic heterocycles. The van der Waals surface area contributed by atoms with Gasteiger partial charge < -0.3 is 19.1 Å². The first kappa shape index (κ1) is 19.1. The van der Waals surface area contributed by atoms with E-state index in [0.717, 1.165) is 30.8 Å². The van der Waals surface area contributed by atoms with E-state index in [9.17, 15) is 4.79 Å². The van der Waals surface area contributed by atoms with Crippen molar-refractivity contribution in [3.63, 3.8) is 0 Å². The summed E-state index contributed by atoms with van der Waals surface area (Å²) in [5.74, 6) is 2.44. The third-order valence-corrected chi connectivity index (χ3v) is 6.83. The maximum Gasteiger partial charge on any atom is 0.272 e. The summed E-state index contributed by atoms with van der Waals surface area (Å²) in [6.07, 6.45) is 1.75. The number of hydrogen-bond donors (Lipinski definition) is 0. The van der Waals surface area contributed by atoms with Crippen molar-refractivity contribution in [2.75, 3.05) is 39.7 Å². The lowest BCUT2D eigenvalue weighted by Crippen LogP contribution is -2.45. The van der Waals surface area contributed by atoms with Gasteiger partial charge in [0.1, 0.15) is 22.1 Å². The van der Waals surface area contributed by atoms with Crippen LogP contribution in [0.4, 0.5) is 0 Å². The maximum atomic E-state index is 13.1. The molecule has 2 saturated heterocycles. The minimum atomic E-state index is -0.0810. The van der Waals surface area contributed by atoms with Crippen LogP contribution in [0.1, 0.15) is 23.3 Å². The fraction of sp³-hybridized carbons (Fsp3) is 0.500. The van der Waals surface area contributed by atoms with E-state index in [2.05, 4.69) is 5.10 Å². The minimum Gasteiger partial charge on any atom is -0.497 e. The molecule has 7 nitrogen and oxygen atoms in total. The third kappa shape index (κ3) is 3.46. The first-order chi connectivity index (χ1) is 13.5. The summed E-state index contributed by atoms with van der Waals surface area (Å²) < 4.78 is 18.4. The molecule has 8 heteroatoms. The lowest BCUT2D eigenvalue weighted by atomic mass is 10.1. The normalized spacial score (nSPS) is 18.5. The lowest BCUT2D eigenvalue weighted by molar-refractivity contribution is 0.00325. The van der Waals surface area contributed by atoms with E-state index in [1.165, 1.54) is 0 Å². The monoisotopic (exact) mass is 403 g/mol. The Labute approximate surface area is 168 Å². The molecule has 3 heterocycles. The Morgan fingerprint density at radius 3 is 2.64 bits per heavy atom. The molecule has 2 aliphatic rings. The smallest absolute Gasteiger partial charge is 0.272 e. The Morgan fingerprint density at radius 1 is 1.21 bits per heavy atom. The molecule has 4 rings (SSSR count). The third-order valence-electron chi connectivity index (χ3n) is 5.41. The van der Waals surface area contributed by atoms with Crippen molar-refractivity contribution >= 4 is 17.7 Å². The van der Waals surface area contributed by atoms with Crippen LogP contribution in [0.15, 0.2) is 24.3 Å². The number of ether oxygens (including phenoxy) is 3. The van der Waals surface area contributed by atoms with Gasteiger partial charge in [0.05, 0.1) is 26.5 Å². The number of thioether (sulfide) groups is 1. The van der Waals surface area contributed by atoms with Crippen LogP contribution in [-0.4, -0.2) is 65.2 Å². The van der Waals surface area contributed by atoms with Crippen LogP contribution >= 0.6 is 11.8 Å². The average molecular weight is 404 g/mol. The molecular weight excluding hydrogens is 378 g/mol. The largest absolute Gasteiger partial charge is 0.497 e. The van der Waals surface area contributed by atoms with Crippen LogP contribution in [-0.2, 0) is 11.8 Å². The van der Waals surface area contributed by atoms with Crippen LogP contribution in [0.25, 0.3) is 11.3 Å². The second-order valence-corrected chi connectivity index (χ2v) is 8.45. The van der Waals surface area contributed by atoms with Gasteiger partial charge in [0.25, 0.3) is 5.91 Å². The highest BCUT2D eigenvalue weighted by Crippen LogP contribution is 2.41. The molecule has 0 bridgehead atoms. The molecule has 2 fully saturated rings. The number of methoxy groups -OCH3 is 2. The molecular formula is C20H25N3O4S. The van der Waals surface area contributed by atoms with Gasteiger partial charge in [0, 0.05) is 44.3 Å². The van der Waals surface area contributed by atoms with Crippen molar-refractivity contribution in [2.45, 2.75) is 17.8 Å². The molecule has 0 unspecified atom stereocenters. The topological polar surface area (TPSA) is 65.8 Å². The van der Waals surface area contributed by atoms with Gasteiger partial charge >= 0.3 is 0 Å². The zero-order valence-electron chi connectivity index (χ0n) is 16.4. The van der Waals surface area contributed by atoms with Gasteiger partial charge in [0.15, 0.2) is 0 Å². The molecule has 1 aromatic heterocycles. The van der Waals surface area contributed by atoms with Gasteiger partial charge in [-0.1, -0.05) is 0 Å². The number of aromatic nitrogens is 2. The Hall–Kier alpha value is -2.19. The number of amides is 1. The van der Waals surface area contributed by atoms with Crippen molar-refractivity contribution in [3.05, 3.63) is 30.0 Å². The van der Waals surface area contributed by atoms with Crippen LogP contribution in [0.2, 0.25) is 0 Å². The summed E-state index contributed by atoms with van der Waals surface area (Å²) in [6, 6.07) is 7.37. The molecule has 0 atom stereocenters. The van der Waals surface area contributed by atoms with Crippen LogP contribution in [0.3, 0.4) is 0 Å². The lowest BCUT2D eigenvalue weighted by Gasteiger charge is -2.37. The Balaban J connectivity index is 1.56. The Kier molecular flexibility index (Phi) is 5.25. The first-order valence-corrected chi connectivity index (χ1v) is 10.4. The van der Waals surface area contributed by atoms with Crippen molar-refractivity contribution in [1.82, 2.24) is 14.7 Å². The minimum absolute atomic E-state index is 0.000889. The highest BCUT2D eigenvalue weighted by atomic mass is 32.2. The zero-order valence-corrected chi connectivity index (χ0v) is 17.3. The van der Waals surface area contributed by atoms with E-state index in [-0.39, 0.29) is 10.8 Å². The predicted molar refractivity (Wildman–Crippen MR) is 108 cm³/mol. The number of nitrogens with zero attached hydrogens (tertiary/aromatic N) is 3. The predicted octanol–water partition coefficient (Wildman–Crippen LogP) is 2.80. The van der Waals surface area contributed by atoms with Gasteiger partial charge in [0.2, 0.25) is 0 Å². The van der Waals surface area contributed by atoms with Crippen molar-refractivity contribution in [1.29, 1.82) is 0 Å². The first-order valence-electron chi connectivity index (χ1n) is 9.39. The highest BCUT2D eigenvalue weighted by Gasteiger charge is 2.40. The number of rotatable bonds is 4. The van der Waals surface area contributed by atoms with E-state index >= 15 is 0 Å². The van der Waals surface area contributed by atoms with Crippen molar-refractivity contribution in [3.8, 4) is 22.8 Å². The van der Waals surface area contributed by atoms with Gasteiger partial charge in [-0.2, -0.15) is 5.10 Å². The number of aryl methyl sites for hydroxylation is 1. The molecule has 1 spiro atoms. The summed E-state index contributed by atoms with van der Waals surface area (Å²) in [7, 11) is 5.03. The van der Waals surface area contributed by atoms with E-state index in [1.807, 2.05) is 40.9 Å². The summed E-state index contributed by atoms with van der Waals surface area (Å²) in [4.78, 5) is 14.9. The Morgan fingerprint density at radius 2 is 2.00 bits per heavy atom. The van der Waals surface area contributed by atoms with E-state index in [0.29, 0.717) is 36.0 Å². The van der Waals surface area contributed by atoms with Gasteiger partial charge in [-0.05, 0) is 24.3 Å². The van der Waals surface area contributed by atoms with Crippen LogP contribution in [0.5, 0.6) is 11.5 Å². The molecule has 1 aromatic carbocycles. The molecule has 28 heavy (non-hydrogen) atoms. The van der Waals surface area contributed by atoms with Crippen molar-refractivity contribution in [2.24, 2.45) is 7.05 Å². The van der Waals surface area contributed by atoms with Gasteiger partial charge in [-0.3, -0.25) is 9.48 Å². The number of likely N-dealkylation sites (tertiary alicyclic amines) is 1. The number of carbonyl (C=O) groups excluding carboxylic acids is 1.